The zero-order chi connectivity index (χ0) is 21.3. The fourth-order valence-corrected chi connectivity index (χ4v) is 5.44. The molecule has 1 fully saturated rings. The normalized spacial score (nSPS) is 27.0. The maximum absolute atomic E-state index is 13.6. The number of carbonyl (C=O) groups is 1. The van der Waals surface area contributed by atoms with Gasteiger partial charge in [0, 0.05) is 30.3 Å². The number of hydrogen-bond donors (Lipinski definition) is 2. The fraction of sp³-hybridized carbons (Fsp3) is 0.391. The molecule has 0 aromatic heterocycles. The number of nitrogens with one attached hydrogen (secondary N) is 1. The van der Waals surface area contributed by atoms with Gasteiger partial charge in [-0.3, -0.25) is 4.79 Å². The largest absolute Gasteiger partial charge is 0.382 e. The van der Waals surface area contributed by atoms with Gasteiger partial charge in [-0.25, -0.2) is 9.38 Å². The third-order valence-corrected chi connectivity index (χ3v) is 7.28. The lowest BCUT2D eigenvalue weighted by Crippen LogP contribution is -2.50. The van der Waals surface area contributed by atoms with Crippen molar-refractivity contribution in [3.8, 4) is 0 Å². The van der Waals surface area contributed by atoms with E-state index in [-0.39, 0.29) is 23.1 Å². The number of amides is 1. The first-order valence-corrected chi connectivity index (χ1v) is 11.2. The summed E-state index contributed by atoms with van der Waals surface area (Å²) in [5.74, 6) is 0.507. The van der Waals surface area contributed by atoms with E-state index in [0.717, 1.165) is 42.5 Å². The summed E-state index contributed by atoms with van der Waals surface area (Å²) >= 11 is 1.70. The van der Waals surface area contributed by atoms with Crippen LogP contribution in [0.4, 0.5) is 4.39 Å². The molecule has 3 heterocycles. The van der Waals surface area contributed by atoms with Crippen LogP contribution in [0.15, 0.2) is 58.7 Å². The summed E-state index contributed by atoms with van der Waals surface area (Å²) in [6.07, 6.45) is 7.07. The van der Waals surface area contributed by atoms with Gasteiger partial charge in [0.15, 0.2) is 0 Å². The summed E-state index contributed by atoms with van der Waals surface area (Å²) in [5.41, 5.74) is 9.36. The zero-order valence-corrected chi connectivity index (χ0v) is 17.9. The number of nitrogens with zero attached hydrogens (tertiary/aromatic N) is 2. The van der Waals surface area contributed by atoms with E-state index in [1.54, 1.807) is 30.1 Å². The maximum Gasteiger partial charge on any atom is 0.254 e. The number of carbonyl (C=O) groups excluding carboxylic acids is 1. The number of fused-ring (bicyclic) bond motifs is 2. The molecule has 1 saturated heterocycles. The second-order valence-electron chi connectivity index (χ2n) is 8.11. The molecule has 3 atom stereocenters. The molecule has 0 radical (unpaired) electrons. The van der Waals surface area contributed by atoms with Crippen molar-refractivity contribution >= 4 is 23.5 Å². The van der Waals surface area contributed by atoms with Gasteiger partial charge in [-0.1, -0.05) is 12.7 Å². The van der Waals surface area contributed by atoms with E-state index in [0.29, 0.717) is 23.9 Å². The second-order valence-corrected chi connectivity index (χ2v) is 9.13. The number of rotatable bonds is 4. The molecule has 3 N–H and O–H groups in total. The smallest absolute Gasteiger partial charge is 0.254 e. The van der Waals surface area contributed by atoms with E-state index in [4.69, 9.17) is 5.73 Å². The number of benzene rings is 1. The SMILES string of the molecule is C=C/C(C)=C\N=C(N)C1=CSC([C@H]2CC[C@H]3CCc4cc(F)ccc4C(=O)N3C2)N1. The monoisotopic (exact) mass is 426 g/mol. The number of nitrogens with two attached hydrogens (primary N) is 1. The van der Waals surface area contributed by atoms with Crippen LogP contribution in [-0.4, -0.2) is 34.6 Å². The standard InChI is InChI=1S/C23H27FN4OS/c1-3-14(2)11-26-21(25)20-13-30-22(27-20)16-5-8-18-7-4-15-10-17(24)6-9-19(15)23(29)28(18)12-16/h3,6,9-11,13,16,18,22,27H,1,4-5,7-8,12H2,2H3,(H2,25,26)/b14-11-/t16-,18+,22?/m0/s1. The molecule has 4 rings (SSSR count). The van der Waals surface area contributed by atoms with Crippen molar-refractivity contribution in [2.75, 3.05) is 6.54 Å². The molecule has 0 spiro atoms. The minimum Gasteiger partial charge on any atom is -0.382 e. The summed E-state index contributed by atoms with van der Waals surface area (Å²) in [6.45, 7) is 6.32. The Hall–Kier alpha value is -2.54. The minimum atomic E-state index is -0.276. The van der Waals surface area contributed by atoms with Crippen LogP contribution < -0.4 is 11.1 Å². The molecule has 30 heavy (non-hydrogen) atoms. The van der Waals surface area contributed by atoms with Crippen LogP contribution in [-0.2, 0) is 6.42 Å². The van der Waals surface area contributed by atoms with Gasteiger partial charge in [0.1, 0.15) is 11.7 Å². The van der Waals surface area contributed by atoms with Crippen molar-refractivity contribution in [3.05, 3.63) is 70.7 Å². The molecule has 1 unspecified atom stereocenters. The highest BCUT2D eigenvalue weighted by Crippen LogP contribution is 2.37. The molecule has 5 nitrogen and oxygen atoms in total. The van der Waals surface area contributed by atoms with Gasteiger partial charge in [-0.05, 0) is 67.4 Å². The first-order chi connectivity index (χ1) is 14.5. The molecule has 7 heteroatoms. The fourth-order valence-electron chi connectivity index (χ4n) is 4.33. The minimum absolute atomic E-state index is 0.0273. The highest BCUT2D eigenvalue weighted by molar-refractivity contribution is 8.03. The predicted molar refractivity (Wildman–Crippen MR) is 120 cm³/mol. The Morgan fingerprint density at radius 2 is 2.23 bits per heavy atom. The number of aliphatic imine (C=N–C) groups is 1. The van der Waals surface area contributed by atoms with Gasteiger partial charge >= 0.3 is 0 Å². The van der Waals surface area contributed by atoms with Crippen molar-refractivity contribution in [1.82, 2.24) is 10.2 Å². The molecule has 0 aliphatic carbocycles. The van der Waals surface area contributed by atoms with Crippen molar-refractivity contribution in [2.45, 2.75) is 44.0 Å². The highest BCUT2D eigenvalue weighted by atomic mass is 32.2. The van der Waals surface area contributed by atoms with Gasteiger partial charge < -0.3 is 16.0 Å². The molecule has 1 amide bonds. The van der Waals surface area contributed by atoms with Crippen molar-refractivity contribution < 1.29 is 9.18 Å². The quantitative estimate of drug-likeness (QED) is 0.435. The summed E-state index contributed by atoms with van der Waals surface area (Å²) in [7, 11) is 0. The molecule has 3 aliphatic rings. The van der Waals surface area contributed by atoms with Crippen molar-refractivity contribution in [2.24, 2.45) is 16.6 Å². The van der Waals surface area contributed by atoms with Crippen LogP contribution in [0.2, 0.25) is 0 Å². The Morgan fingerprint density at radius 3 is 3.03 bits per heavy atom. The Bertz CT molecular complexity index is 955. The van der Waals surface area contributed by atoms with E-state index in [9.17, 15) is 9.18 Å². The number of halogens is 1. The number of allylic oxidation sites excluding steroid dienone is 2. The molecule has 1 aromatic rings. The Labute approximate surface area is 181 Å². The van der Waals surface area contributed by atoms with Crippen LogP contribution in [0, 0.1) is 11.7 Å². The average molecular weight is 427 g/mol. The Kier molecular flexibility index (Phi) is 5.99. The van der Waals surface area contributed by atoms with Crippen LogP contribution in [0.5, 0.6) is 0 Å². The Morgan fingerprint density at radius 1 is 1.40 bits per heavy atom. The molecular weight excluding hydrogens is 399 g/mol. The number of hydrogen-bond acceptors (Lipinski definition) is 4. The van der Waals surface area contributed by atoms with Crippen molar-refractivity contribution in [3.63, 3.8) is 0 Å². The highest BCUT2D eigenvalue weighted by Gasteiger charge is 2.39. The third-order valence-electron chi connectivity index (χ3n) is 6.11. The van der Waals surface area contributed by atoms with E-state index < -0.39 is 0 Å². The van der Waals surface area contributed by atoms with Crippen LogP contribution >= 0.6 is 11.8 Å². The van der Waals surface area contributed by atoms with Crippen molar-refractivity contribution in [1.29, 1.82) is 0 Å². The molecule has 158 valence electrons. The van der Waals surface area contributed by atoms with Gasteiger partial charge in [-0.2, -0.15) is 0 Å². The number of aryl methyl sites for hydroxylation is 1. The van der Waals surface area contributed by atoms with Gasteiger partial charge in [0.05, 0.1) is 11.1 Å². The van der Waals surface area contributed by atoms with Gasteiger partial charge in [0.25, 0.3) is 5.91 Å². The van der Waals surface area contributed by atoms with Crippen LogP contribution in [0.1, 0.15) is 42.1 Å². The van der Waals surface area contributed by atoms with Crippen LogP contribution in [0.25, 0.3) is 0 Å². The summed E-state index contributed by atoms with van der Waals surface area (Å²) in [5, 5.41) is 5.64. The lowest BCUT2D eigenvalue weighted by atomic mass is 9.90. The molecular formula is C23H27FN4OS. The van der Waals surface area contributed by atoms with E-state index in [2.05, 4.69) is 16.9 Å². The van der Waals surface area contributed by atoms with E-state index in [1.165, 1.54) is 12.1 Å². The topological polar surface area (TPSA) is 70.7 Å². The predicted octanol–water partition coefficient (Wildman–Crippen LogP) is 3.94. The zero-order valence-electron chi connectivity index (χ0n) is 17.1. The maximum atomic E-state index is 13.6. The lowest BCUT2D eigenvalue weighted by molar-refractivity contribution is 0.0527. The molecule has 3 aliphatic heterocycles. The van der Waals surface area contributed by atoms with E-state index in [1.807, 2.05) is 17.2 Å². The first kappa shape index (κ1) is 20.7. The van der Waals surface area contributed by atoms with Gasteiger partial charge in [-0.15, -0.1) is 11.8 Å². The Balaban J connectivity index is 1.44. The number of thioether (sulfide) groups is 1. The molecule has 0 bridgehead atoms. The summed E-state index contributed by atoms with van der Waals surface area (Å²) in [4.78, 5) is 19.5. The number of amidine groups is 1. The summed E-state index contributed by atoms with van der Waals surface area (Å²) < 4.78 is 13.6. The number of piperidine rings is 1. The second kappa shape index (κ2) is 8.68. The lowest BCUT2D eigenvalue weighted by Gasteiger charge is -2.40. The average Bonchev–Trinajstić information content (AvgIpc) is 3.21. The summed E-state index contributed by atoms with van der Waals surface area (Å²) in [6, 6.07) is 4.75. The van der Waals surface area contributed by atoms with Gasteiger partial charge in [0.2, 0.25) is 0 Å². The van der Waals surface area contributed by atoms with E-state index >= 15 is 0 Å². The molecule has 1 aromatic carbocycles. The van der Waals surface area contributed by atoms with Crippen LogP contribution in [0.3, 0.4) is 0 Å². The molecule has 0 saturated carbocycles. The third kappa shape index (κ3) is 4.17. The first-order valence-electron chi connectivity index (χ1n) is 10.3.